The highest BCUT2D eigenvalue weighted by molar-refractivity contribution is 5.92. The predicted molar refractivity (Wildman–Crippen MR) is 148 cm³/mol. The molecule has 1 aromatic carbocycles. The van der Waals surface area contributed by atoms with Crippen molar-refractivity contribution < 1.29 is 24.5 Å². The molecule has 0 aromatic heterocycles. The summed E-state index contributed by atoms with van der Waals surface area (Å²) in [4.78, 5) is 11.6. The van der Waals surface area contributed by atoms with Gasteiger partial charge in [0.05, 0.1) is 17.8 Å². The highest BCUT2D eigenvalue weighted by atomic mass is 19.1. The minimum absolute atomic E-state index is 0.00101. The van der Waals surface area contributed by atoms with E-state index in [4.69, 9.17) is 0 Å². The Labute approximate surface area is 227 Å². The lowest BCUT2D eigenvalue weighted by Gasteiger charge is -2.64. The summed E-state index contributed by atoms with van der Waals surface area (Å²) >= 11 is 0. The third-order valence-corrected chi connectivity index (χ3v) is 12.2. The molecule has 4 aliphatic carbocycles. The molecule has 0 unspecified atom stereocenters. The van der Waals surface area contributed by atoms with E-state index in [0.29, 0.717) is 41.1 Å². The van der Waals surface area contributed by atoms with Crippen LogP contribution >= 0.6 is 0 Å². The van der Waals surface area contributed by atoms with Crippen LogP contribution in [0.1, 0.15) is 101 Å². The molecule has 0 amide bonds. The van der Waals surface area contributed by atoms with Gasteiger partial charge < -0.3 is 15.3 Å². The van der Waals surface area contributed by atoms with Crippen LogP contribution in [0.4, 0.5) is 4.39 Å². The molecule has 0 saturated heterocycles. The third-order valence-electron chi connectivity index (χ3n) is 12.2. The van der Waals surface area contributed by atoms with Gasteiger partial charge in [-0.2, -0.15) is 0 Å². The molecule has 0 radical (unpaired) electrons. The van der Waals surface area contributed by atoms with E-state index in [0.717, 1.165) is 38.2 Å². The number of carboxylic acid groups (broad SMARTS) is 1. The topological polar surface area (TPSA) is 77.8 Å². The second kappa shape index (κ2) is 10.4. The van der Waals surface area contributed by atoms with Gasteiger partial charge in [-0.1, -0.05) is 52.3 Å². The summed E-state index contributed by atoms with van der Waals surface area (Å²) in [6.07, 6.45) is 12.8. The number of aliphatic hydroxyl groups excluding tert-OH is 2. The maximum absolute atomic E-state index is 13.6. The van der Waals surface area contributed by atoms with Crippen molar-refractivity contribution in [1.82, 2.24) is 0 Å². The van der Waals surface area contributed by atoms with Crippen LogP contribution in [-0.2, 0) is 0 Å². The van der Waals surface area contributed by atoms with Crippen LogP contribution in [0.2, 0.25) is 0 Å². The number of benzene rings is 1. The van der Waals surface area contributed by atoms with Crippen LogP contribution in [0.3, 0.4) is 0 Å². The molecule has 38 heavy (non-hydrogen) atoms. The van der Waals surface area contributed by atoms with E-state index in [1.54, 1.807) is 6.07 Å². The molecule has 5 heteroatoms. The number of aromatic carboxylic acids is 1. The SMILES string of the molecule is CC[C@H]1[C@@H](O)[C@@H]2[C@H](CC[C@]3(C)[C@@H]([C@H](C)C/C=C/c4ccc(F)cc4C(=O)O)CC[C@@H]23)[C@@]2(C)CC[C@@H](O)C[C@@H]12. The average Bonchev–Trinajstić information content (AvgIpc) is 3.23. The number of carboxylic acids is 1. The zero-order valence-electron chi connectivity index (χ0n) is 23.6. The summed E-state index contributed by atoms with van der Waals surface area (Å²) in [6, 6.07) is 3.94. The highest BCUT2D eigenvalue weighted by Gasteiger charge is 2.64. The fourth-order valence-electron chi connectivity index (χ4n) is 10.4. The van der Waals surface area contributed by atoms with E-state index in [9.17, 15) is 24.5 Å². The molecular weight excluding hydrogens is 479 g/mol. The van der Waals surface area contributed by atoms with E-state index in [2.05, 4.69) is 33.8 Å². The second-order valence-electron chi connectivity index (χ2n) is 13.8. The number of allylic oxidation sites excluding steroid dienone is 1. The van der Waals surface area contributed by atoms with Crippen molar-refractivity contribution in [3.8, 4) is 0 Å². The van der Waals surface area contributed by atoms with Crippen LogP contribution in [0, 0.1) is 58.1 Å². The van der Waals surface area contributed by atoms with Crippen LogP contribution < -0.4 is 0 Å². The molecule has 0 heterocycles. The number of carbonyl (C=O) groups is 1. The first-order valence-corrected chi connectivity index (χ1v) is 15.1. The van der Waals surface area contributed by atoms with Crippen LogP contribution in [-0.4, -0.2) is 33.5 Å². The first-order chi connectivity index (χ1) is 18.0. The fraction of sp³-hybridized carbons (Fsp3) is 0.727. The van der Waals surface area contributed by atoms with Crippen molar-refractivity contribution in [2.75, 3.05) is 0 Å². The van der Waals surface area contributed by atoms with E-state index >= 15 is 0 Å². The summed E-state index contributed by atoms with van der Waals surface area (Å²) in [6.45, 7) is 9.52. The zero-order valence-corrected chi connectivity index (χ0v) is 23.6. The molecule has 4 fully saturated rings. The van der Waals surface area contributed by atoms with Gasteiger partial charge in [0, 0.05) is 0 Å². The molecule has 0 bridgehead atoms. The fourth-order valence-corrected chi connectivity index (χ4v) is 10.4. The zero-order chi connectivity index (χ0) is 27.4. The maximum atomic E-state index is 13.6. The number of hydrogen-bond acceptors (Lipinski definition) is 3. The molecule has 4 saturated carbocycles. The first kappa shape index (κ1) is 27.8. The quantitative estimate of drug-likeness (QED) is 0.367. The van der Waals surface area contributed by atoms with Gasteiger partial charge >= 0.3 is 5.97 Å². The molecule has 4 nitrogen and oxygen atoms in total. The first-order valence-electron chi connectivity index (χ1n) is 15.1. The number of aliphatic hydroxyl groups is 2. The molecule has 5 rings (SSSR count). The van der Waals surface area contributed by atoms with Crippen molar-refractivity contribution >= 4 is 12.0 Å². The lowest BCUT2D eigenvalue weighted by Crippen LogP contribution is -2.62. The Morgan fingerprint density at radius 1 is 1.08 bits per heavy atom. The second-order valence-corrected chi connectivity index (χ2v) is 13.8. The van der Waals surface area contributed by atoms with Crippen molar-refractivity contribution in [2.45, 2.75) is 97.7 Å². The molecule has 0 spiro atoms. The largest absolute Gasteiger partial charge is 0.478 e. The Morgan fingerprint density at radius 2 is 1.79 bits per heavy atom. The van der Waals surface area contributed by atoms with Gasteiger partial charge in [-0.05, 0) is 121 Å². The highest BCUT2D eigenvalue weighted by Crippen LogP contribution is 2.69. The smallest absolute Gasteiger partial charge is 0.336 e. The lowest BCUT2D eigenvalue weighted by molar-refractivity contribution is -0.203. The minimum atomic E-state index is -1.11. The molecular formula is C33H47FO4. The molecule has 11 atom stereocenters. The number of hydrogen-bond donors (Lipinski definition) is 3. The number of fused-ring (bicyclic) bond motifs is 5. The Hall–Kier alpha value is -1.72. The lowest BCUT2D eigenvalue weighted by atomic mass is 9.41. The van der Waals surface area contributed by atoms with Gasteiger partial charge in [0.2, 0.25) is 0 Å². The van der Waals surface area contributed by atoms with Crippen molar-refractivity contribution in [3.63, 3.8) is 0 Å². The molecule has 3 N–H and O–H groups in total. The summed E-state index contributed by atoms with van der Waals surface area (Å²) in [7, 11) is 0. The van der Waals surface area contributed by atoms with E-state index in [1.807, 2.05) is 6.08 Å². The van der Waals surface area contributed by atoms with E-state index < -0.39 is 11.8 Å². The molecule has 4 aliphatic rings. The summed E-state index contributed by atoms with van der Waals surface area (Å²) in [5.41, 5.74) is 0.958. The van der Waals surface area contributed by atoms with Crippen LogP contribution in [0.15, 0.2) is 24.3 Å². The summed E-state index contributed by atoms with van der Waals surface area (Å²) < 4.78 is 13.6. The molecule has 1 aromatic rings. The molecule has 210 valence electrons. The van der Waals surface area contributed by atoms with Gasteiger partial charge in [0.25, 0.3) is 0 Å². The average molecular weight is 527 g/mol. The minimum Gasteiger partial charge on any atom is -0.478 e. The Kier molecular flexibility index (Phi) is 7.58. The Balaban J connectivity index is 1.34. The Bertz CT molecular complexity index is 1070. The normalized spacial score (nSPS) is 43.3. The van der Waals surface area contributed by atoms with Gasteiger partial charge in [0.1, 0.15) is 5.82 Å². The number of rotatable bonds is 6. The number of halogens is 1. The predicted octanol–water partition coefficient (Wildman–Crippen LogP) is 7.19. The third kappa shape index (κ3) is 4.46. The van der Waals surface area contributed by atoms with Gasteiger partial charge in [-0.15, -0.1) is 0 Å². The Morgan fingerprint density at radius 3 is 2.50 bits per heavy atom. The molecule has 0 aliphatic heterocycles. The van der Waals surface area contributed by atoms with E-state index in [-0.39, 0.29) is 34.5 Å². The van der Waals surface area contributed by atoms with Crippen LogP contribution in [0.25, 0.3) is 6.08 Å². The maximum Gasteiger partial charge on any atom is 0.336 e. The standard InChI is InChI=1S/C33H47FO4/c1-5-23-28-18-22(35)13-15-33(28,4)27-14-16-32(3)25(11-12-26(32)29(27)30(23)36)19(2)7-6-8-20-9-10-21(34)17-24(20)31(37)38/h6,8-10,17,19,22-23,25-30,35-36H,5,7,11-16,18H2,1-4H3,(H,37,38)/b8-6+/t19-,22-,23-,25-,26+,27+,28+,29+,30-,32-,33-/m1/s1. The monoisotopic (exact) mass is 526 g/mol. The van der Waals surface area contributed by atoms with Crippen molar-refractivity contribution in [2.24, 2.45) is 52.3 Å². The van der Waals surface area contributed by atoms with Gasteiger partial charge in [-0.25, -0.2) is 9.18 Å². The van der Waals surface area contributed by atoms with Gasteiger partial charge in [0.15, 0.2) is 0 Å². The van der Waals surface area contributed by atoms with E-state index in [1.165, 1.54) is 31.7 Å². The summed E-state index contributed by atoms with van der Waals surface area (Å²) in [5, 5.41) is 31.8. The van der Waals surface area contributed by atoms with Crippen molar-refractivity contribution in [1.29, 1.82) is 0 Å². The summed E-state index contributed by atoms with van der Waals surface area (Å²) in [5.74, 6) is 1.48. The van der Waals surface area contributed by atoms with Gasteiger partial charge in [-0.3, -0.25) is 0 Å². The van der Waals surface area contributed by atoms with Crippen LogP contribution in [0.5, 0.6) is 0 Å². The van der Waals surface area contributed by atoms with Crippen molar-refractivity contribution in [3.05, 3.63) is 41.2 Å².